The van der Waals surface area contributed by atoms with Gasteiger partial charge in [-0.15, -0.1) is 0 Å². The number of carbonyl (C=O) groups is 2. The number of nitro groups is 1. The maximum Gasteiger partial charge on any atom is 0.297 e. The van der Waals surface area contributed by atoms with Gasteiger partial charge in [-0.1, -0.05) is 60.7 Å². The van der Waals surface area contributed by atoms with Gasteiger partial charge in [0.25, 0.3) is 5.69 Å². The molecule has 10 heteroatoms. The smallest absolute Gasteiger partial charge is 0.292 e. The van der Waals surface area contributed by atoms with E-state index in [-0.39, 0.29) is 54.9 Å². The summed E-state index contributed by atoms with van der Waals surface area (Å²) in [7, 11) is 0. The van der Waals surface area contributed by atoms with E-state index >= 15 is 0 Å². The van der Waals surface area contributed by atoms with Gasteiger partial charge in [0, 0.05) is 38.7 Å². The first-order valence-corrected chi connectivity index (χ1v) is 11.3. The minimum Gasteiger partial charge on any atom is -0.292 e. The number of ketones is 2. The quantitative estimate of drug-likeness (QED) is 0.277. The first-order valence-electron chi connectivity index (χ1n) is 11.3. The van der Waals surface area contributed by atoms with Crippen molar-refractivity contribution in [2.75, 3.05) is 5.43 Å². The monoisotopic (exact) mass is 502 g/mol. The fraction of sp³-hybridized carbons (Fsp3) is 0. The SMILES string of the molecule is N=c1c([N+](=O)[O-])cc2c(=O)c3ccccc3c(=O)c=2c1=NNc1cccc2c1C(=O)c1ccccc1C2=O. The molecule has 0 fully saturated rings. The molecule has 0 aliphatic heterocycles. The van der Waals surface area contributed by atoms with Gasteiger partial charge in [0.1, 0.15) is 5.36 Å². The molecule has 0 radical (unpaired) electrons. The molecule has 10 nitrogen and oxygen atoms in total. The molecule has 3 aliphatic rings. The highest BCUT2D eigenvalue weighted by Crippen LogP contribution is 2.31. The van der Waals surface area contributed by atoms with E-state index in [1.807, 2.05) is 0 Å². The van der Waals surface area contributed by atoms with Gasteiger partial charge in [0.15, 0.2) is 27.8 Å². The van der Waals surface area contributed by atoms with Crippen LogP contribution in [0.5, 0.6) is 0 Å². The number of nitrogens with zero attached hydrogens (tertiary/aromatic N) is 2. The van der Waals surface area contributed by atoms with E-state index in [0.717, 1.165) is 6.07 Å². The summed E-state index contributed by atoms with van der Waals surface area (Å²) in [5.41, 5.74) is 1.46. The summed E-state index contributed by atoms with van der Waals surface area (Å²) in [5.74, 6) is -0.786. The Balaban J connectivity index is 1.66. The Bertz CT molecular complexity index is 2200. The van der Waals surface area contributed by atoms with Crippen molar-refractivity contribution in [3.05, 3.63) is 147 Å². The second-order valence-corrected chi connectivity index (χ2v) is 8.66. The third-order valence-corrected chi connectivity index (χ3v) is 6.61. The highest BCUT2D eigenvalue weighted by molar-refractivity contribution is 6.30. The third-order valence-electron chi connectivity index (χ3n) is 6.61. The predicted molar refractivity (Wildman–Crippen MR) is 136 cm³/mol. The summed E-state index contributed by atoms with van der Waals surface area (Å²) in [6, 6.07) is 17.9. The summed E-state index contributed by atoms with van der Waals surface area (Å²) in [6.07, 6.45) is 0. The van der Waals surface area contributed by atoms with Crippen LogP contribution in [0.1, 0.15) is 31.8 Å². The van der Waals surface area contributed by atoms with Crippen LogP contribution in [0.15, 0.2) is 87.5 Å². The van der Waals surface area contributed by atoms with Gasteiger partial charge in [0.05, 0.1) is 21.4 Å². The summed E-state index contributed by atoms with van der Waals surface area (Å²) in [6.45, 7) is 0. The molecule has 6 rings (SSSR count). The molecule has 38 heavy (non-hydrogen) atoms. The Kier molecular flexibility index (Phi) is 4.92. The molecular weight excluding hydrogens is 488 g/mol. The van der Waals surface area contributed by atoms with Gasteiger partial charge in [-0.3, -0.25) is 40.1 Å². The van der Waals surface area contributed by atoms with E-state index in [9.17, 15) is 29.3 Å². The Morgan fingerprint density at radius 3 is 2.05 bits per heavy atom. The topological polar surface area (TPSA) is 160 Å². The molecule has 3 aromatic rings. The van der Waals surface area contributed by atoms with E-state index in [4.69, 9.17) is 5.41 Å². The lowest BCUT2D eigenvalue weighted by atomic mass is 9.83. The Morgan fingerprint density at radius 1 is 0.763 bits per heavy atom. The predicted octanol–water partition coefficient (Wildman–Crippen LogP) is 2.25. The van der Waals surface area contributed by atoms with Crippen molar-refractivity contribution in [2.45, 2.75) is 0 Å². The van der Waals surface area contributed by atoms with Gasteiger partial charge in [-0.2, -0.15) is 5.10 Å². The van der Waals surface area contributed by atoms with Crippen molar-refractivity contribution in [1.29, 1.82) is 5.41 Å². The summed E-state index contributed by atoms with van der Waals surface area (Å²) in [5, 5.41) is 22.8. The fourth-order valence-corrected chi connectivity index (χ4v) is 4.83. The molecule has 0 spiro atoms. The number of hydrogen-bond acceptors (Lipinski definition) is 9. The summed E-state index contributed by atoms with van der Waals surface area (Å²) < 4.78 is 0. The molecule has 0 atom stereocenters. The fourth-order valence-electron chi connectivity index (χ4n) is 4.83. The molecule has 0 bridgehead atoms. The van der Waals surface area contributed by atoms with Gasteiger partial charge in [0.2, 0.25) is 0 Å². The molecule has 182 valence electrons. The summed E-state index contributed by atoms with van der Waals surface area (Å²) in [4.78, 5) is 63.8. The molecule has 0 saturated carbocycles. The van der Waals surface area contributed by atoms with E-state index in [2.05, 4.69) is 10.5 Å². The van der Waals surface area contributed by atoms with Gasteiger partial charge < -0.3 is 0 Å². The molecule has 0 aromatic heterocycles. The molecule has 0 unspecified atom stereocenters. The van der Waals surface area contributed by atoms with E-state index in [0.29, 0.717) is 0 Å². The number of benzene rings is 3. The molecular formula is C28H14N4O6. The molecule has 3 aromatic carbocycles. The maximum atomic E-state index is 13.4. The van der Waals surface area contributed by atoms with Crippen molar-refractivity contribution in [2.24, 2.45) is 5.10 Å². The number of fused-ring (bicyclic) bond motifs is 3. The first-order chi connectivity index (χ1) is 18.3. The van der Waals surface area contributed by atoms with Crippen molar-refractivity contribution in [3.8, 4) is 0 Å². The Labute approximate surface area is 211 Å². The van der Waals surface area contributed by atoms with Crippen LogP contribution in [0, 0.1) is 26.0 Å². The van der Waals surface area contributed by atoms with Crippen molar-refractivity contribution in [1.82, 2.24) is 0 Å². The highest BCUT2D eigenvalue weighted by atomic mass is 16.6. The standard InChI is InChI=1S/C28H14N4O6/c29-23-20(32(37)38)12-18-22(28(36)16-9-4-2-7-14(16)26(18)34)24(23)31-30-19-11-5-10-17-21(19)27(35)15-8-3-1-6-13(15)25(17)33/h1-12,29-30H. The molecule has 0 saturated heterocycles. The first kappa shape index (κ1) is 22.8. The van der Waals surface area contributed by atoms with Crippen LogP contribution >= 0.6 is 0 Å². The normalized spacial score (nSPS) is 13.0. The number of nitrogens with one attached hydrogen (secondary N) is 2. The number of carbonyl (C=O) groups excluding carboxylic acids is 2. The van der Waals surface area contributed by atoms with Crippen molar-refractivity contribution >= 4 is 33.7 Å². The lowest BCUT2D eigenvalue weighted by molar-refractivity contribution is -0.386. The minimum absolute atomic E-state index is 0.0403. The largest absolute Gasteiger partial charge is 0.297 e. The van der Waals surface area contributed by atoms with Crippen LogP contribution in [0.3, 0.4) is 0 Å². The third kappa shape index (κ3) is 3.14. The highest BCUT2D eigenvalue weighted by Gasteiger charge is 2.31. The van der Waals surface area contributed by atoms with Crippen LogP contribution < -0.4 is 27.0 Å². The van der Waals surface area contributed by atoms with Gasteiger partial charge >= 0.3 is 0 Å². The average molecular weight is 502 g/mol. The molecule has 3 aliphatic carbocycles. The van der Waals surface area contributed by atoms with Crippen LogP contribution in [-0.2, 0) is 0 Å². The Hall–Kier alpha value is -5.64. The van der Waals surface area contributed by atoms with Crippen molar-refractivity contribution < 1.29 is 14.5 Å². The lowest BCUT2D eigenvalue weighted by Crippen LogP contribution is -2.35. The number of rotatable bonds is 3. The average Bonchev–Trinajstić information content (AvgIpc) is 2.93. The zero-order chi connectivity index (χ0) is 26.7. The second-order valence-electron chi connectivity index (χ2n) is 8.66. The molecule has 0 heterocycles. The Morgan fingerprint density at radius 2 is 1.37 bits per heavy atom. The lowest BCUT2D eigenvalue weighted by Gasteiger charge is -2.19. The van der Waals surface area contributed by atoms with E-state index < -0.39 is 38.0 Å². The van der Waals surface area contributed by atoms with Gasteiger partial charge in [-0.25, -0.2) is 0 Å². The van der Waals surface area contributed by atoms with Crippen LogP contribution in [-0.4, -0.2) is 16.5 Å². The number of anilines is 1. The van der Waals surface area contributed by atoms with Crippen LogP contribution in [0.2, 0.25) is 0 Å². The number of hydrogen-bond donors (Lipinski definition) is 2. The van der Waals surface area contributed by atoms with E-state index in [1.54, 1.807) is 30.3 Å². The van der Waals surface area contributed by atoms with Crippen LogP contribution in [0.4, 0.5) is 11.4 Å². The van der Waals surface area contributed by atoms with Crippen molar-refractivity contribution in [3.63, 3.8) is 0 Å². The molecule has 0 amide bonds. The molecule has 2 N–H and O–H groups in total. The van der Waals surface area contributed by atoms with Crippen LogP contribution in [0.25, 0.3) is 10.8 Å². The van der Waals surface area contributed by atoms with E-state index in [1.165, 1.54) is 36.4 Å². The zero-order valence-electron chi connectivity index (χ0n) is 19.3. The summed E-state index contributed by atoms with van der Waals surface area (Å²) >= 11 is 0. The minimum atomic E-state index is -0.830. The zero-order valence-corrected chi connectivity index (χ0v) is 19.3. The maximum absolute atomic E-state index is 13.4. The van der Waals surface area contributed by atoms with Gasteiger partial charge in [-0.05, 0) is 6.07 Å². The second kappa shape index (κ2) is 8.20.